The number of nitrogens with zero attached hydrogens (tertiary/aromatic N) is 1. The first-order valence-corrected chi connectivity index (χ1v) is 6.26. The van der Waals surface area contributed by atoms with Gasteiger partial charge in [-0.1, -0.05) is 23.7 Å². The smallest absolute Gasteiger partial charge is 0.122 e. The van der Waals surface area contributed by atoms with Gasteiger partial charge in [0, 0.05) is 28.2 Å². The van der Waals surface area contributed by atoms with Gasteiger partial charge in [0.1, 0.15) is 5.75 Å². The molecule has 4 nitrogen and oxygen atoms in total. The minimum Gasteiger partial charge on any atom is -0.508 e. The molecule has 1 heterocycles. The molecule has 96 valence electrons. The summed E-state index contributed by atoms with van der Waals surface area (Å²) >= 11 is 6.07. The number of phenols is 1. The molecule has 0 aliphatic rings. The number of benzene rings is 2. The van der Waals surface area contributed by atoms with Crippen molar-refractivity contribution in [3.63, 3.8) is 0 Å². The number of aromatic nitrogens is 2. The molecule has 0 bridgehead atoms. The number of hydrogen-bond donors (Lipinski definition) is 3. The van der Waals surface area contributed by atoms with Crippen molar-refractivity contribution < 1.29 is 5.11 Å². The maximum absolute atomic E-state index is 9.80. The third-order valence-corrected chi connectivity index (χ3v) is 3.39. The summed E-state index contributed by atoms with van der Waals surface area (Å²) in [5, 5.41) is 21.6. The Kier molecular flexibility index (Phi) is 3.01. The molecule has 0 aliphatic carbocycles. The highest BCUT2D eigenvalue weighted by Crippen LogP contribution is 2.27. The highest BCUT2D eigenvalue weighted by atomic mass is 35.5. The predicted molar refractivity (Wildman–Crippen MR) is 76.5 cm³/mol. The number of fused-ring (bicyclic) bond motifs is 1. The molecular weight excluding hydrogens is 262 g/mol. The summed E-state index contributed by atoms with van der Waals surface area (Å²) in [6.07, 6.45) is 1.77. The van der Waals surface area contributed by atoms with Crippen LogP contribution in [0.1, 0.15) is 5.56 Å². The summed E-state index contributed by atoms with van der Waals surface area (Å²) in [5.41, 5.74) is 2.60. The number of H-pyrrole nitrogens is 1. The van der Waals surface area contributed by atoms with Crippen molar-refractivity contribution >= 4 is 28.2 Å². The lowest BCUT2D eigenvalue weighted by Crippen LogP contribution is -2.00. The summed E-state index contributed by atoms with van der Waals surface area (Å²) < 4.78 is 0. The van der Waals surface area contributed by atoms with E-state index in [-0.39, 0.29) is 5.75 Å². The molecule has 2 aromatic carbocycles. The molecule has 0 unspecified atom stereocenters. The first kappa shape index (κ1) is 11.9. The van der Waals surface area contributed by atoms with E-state index in [1.54, 1.807) is 24.4 Å². The SMILES string of the molecule is Oc1cccc(Cl)c1CNc1cccc2[nH]ncc12. The fraction of sp³-hybridized carbons (Fsp3) is 0.0714. The predicted octanol–water partition coefficient (Wildman–Crippen LogP) is 3.53. The molecule has 0 saturated heterocycles. The van der Waals surface area contributed by atoms with Crippen LogP contribution in [-0.2, 0) is 6.54 Å². The molecule has 0 atom stereocenters. The van der Waals surface area contributed by atoms with Crippen LogP contribution in [0.2, 0.25) is 5.02 Å². The monoisotopic (exact) mass is 273 g/mol. The summed E-state index contributed by atoms with van der Waals surface area (Å²) in [4.78, 5) is 0. The average Bonchev–Trinajstić information content (AvgIpc) is 2.87. The van der Waals surface area contributed by atoms with E-state index in [1.165, 1.54) is 0 Å². The highest BCUT2D eigenvalue weighted by molar-refractivity contribution is 6.31. The zero-order chi connectivity index (χ0) is 13.2. The van der Waals surface area contributed by atoms with Crippen LogP contribution in [0, 0.1) is 0 Å². The van der Waals surface area contributed by atoms with Crippen molar-refractivity contribution in [2.75, 3.05) is 5.32 Å². The quantitative estimate of drug-likeness (QED) is 0.684. The number of aromatic hydroxyl groups is 1. The summed E-state index contributed by atoms with van der Waals surface area (Å²) in [6.45, 7) is 0.454. The molecule has 1 aromatic heterocycles. The molecule has 19 heavy (non-hydrogen) atoms. The van der Waals surface area contributed by atoms with Gasteiger partial charge in [-0.2, -0.15) is 5.10 Å². The molecule has 0 fully saturated rings. The van der Waals surface area contributed by atoms with E-state index in [4.69, 9.17) is 11.6 Å². The minimum absolute atomic E-state index is 0.194. The Labute approximate surface area is 115 Å². The van der Waals surface area contributed by atoms with E-state index in [2.05, 4.69) is 15.5 Å². The standard InChI is InChI=1S/C14H12ClN3O/c15-11-3-1-6-14(19)9(11)7-16-12-4-2-5-13-10(12)8-17-18-13/h1-6,8,16,19H,7H2,(H,17,18). The van der Waals surface area contributed by atoms with Gasteiger partial charge in [0.05, 0.1) is 11.7 Å². The minimum atomic E-state index is 0.194. The number of anilines is 1. The number of halogens is 1. The first-order chi connectivity index (χ1) is 9.25. The number of nitrogens with one attached hydrogen (secondary N) is 2. The third kappa shape index (κ3) is 2.22. The fourth-order valence-corrected chi connectivity index (χ4v) is 2.26. The molecule has 3 aromatic rings. The Balaban J connectivity index is 1.88. The largest absolute Gasteiger partial charge is 0.508 e. The lowest BCUT2D eigenvalue weighted by atomic mass is 10.1. The van der Waals surface area contributed by atoms with E-state index < -0.39 is 0 Å². The van der Waals surface area contributed by atoms with Gasteiger partial charge >= 0.3 is 0 Å². The second kappa shape index (κ2) is 4.82. The van der Waals surface area contributed by atoms with E-state index >= 15 is 0 Å². The van der Waals surface area contributed by atoms with Gasteiger partial charge in [-0.25, -0.2) is 0 Å². The van der Waals surface area contributed by atoms with Gasteiger partial charge in [-0.3, -0.25) is 5.10 Å². The topological polar surface area (TPSA) is 60.9 Å². The van der Waals surface area contributed by atoms with Crippen LogP contribution in [0.3, 0.4) is 0 Å². The van der Waals surface area contributed by atoms with Crippen molar-refractivity contribution in [3.05, 3.63) is 53.2 Å². The molecule has 0 spiro atoms. The van der Waals surface area contributed by atoms with E-state index in [9.17, 15) is 5.11 Å². The Morgan fingerprint density at radius 1 is 1.21 bits per heavy atom. The second-order valence-electron chi connectivity index (χ2n) is 4.23. The van der Waals surface area contributed by atoms with E-state index in [0.717, 1.165) is 16.6 Å². The third-order valence-electron chi connectivity index (χ3n) is 3.03. The Hall–Kier alpha value is -2.20. The van der Waals surface area contributed by atoms with Gasteiger partial charge in [0.25, 0.3) is 0 Å². The lowest BCUT2D eigenvalue weighted by molar-refractivity contribution is 0.469. The van der Waals surface area contributed by atoms with E-state index in [1.807, 2.05) is 18.2 Å². The van der Waals surface area contributed by atoms with Gasteiger partial charge in [0.2, 0.25) is 0 Å². The molecule has 0 aliphatic heterocycles. The Morgan fingerprint density at radius 2 is 2.05 bits per heavy atom. The van der Waals surface area contributed by atoms with Crippen molar-refractivity contribution in [2.24, 2.45) is 0 Å². The van der Waals surface area contributed by atoms with E-state index in [0.29, 0.717) is 17.1 Å². The molecular formula is C14H12ClN3O. The number of phenolic OH excluding ortho intramolecular Hbond substituents is 1. The summed E-state index contributed by atoms with van der Waals surface area (Å²) in [5.74, 6) is 0.194. The van der Waals surface area contributed by atoms with Gasteiger partial charge in [-0.15, -0.1) is 0 Å². The van der Waals surface area contributed by atoms with Crippen LogP contribution in [0.25, 0.3) is 10.9 Å². The van der Waals surface area contributed by atoms with Crippen molar-refractivity contribution in [2.45, 2.75) is 6.54 Å². The average molecular weight is 274 g/mol. The van der Waals surface area contributed by atoms with Crippen molar-refractivity contribution in [1.29, 1.82) is 0 Å². The molecule has 0 radical (unpaired) electrons. The van der Waals surface area contributed by atoms with Gasteiger partial charge < -0.3 is 10.4 Å². The Bertz CT molecular complexity index is 703. The molecule has 0 amide bonds. The lowest BCUT2D eigenvalue weighted by Gasteiger charge is -2.10. The maximum Gasteiger partial charge on any atom is 0.122 e. The fourth-order valence-electron chi connectivity index (χ4n) is 2.03. The van der Waals surface area contributed by atoms with Crippen LogP contribution in [0.15, 0.2) is 42.6 Å². The van der Waals surface area contributed by atoms with Crippen LogP contribution in [-0.4, -0.2) is 15.3 Å². The molecule has 3 rings (SSSR count). The molecule has 0 saturated carbocycles. The zero-order valence-corrected chi connectivity index (χ0v) is 10.8. The Morgan fingerprint density at radius 3 is 2.89 bits per heavy atom. The van der Waals surface area contributed by atoms with Crippen LogP contribution in [0.5, 0.6) is 5.75 Å². The van der Waals surface area contributed by atoms with Gasteiger partial charge in [0.15, 0.2) is 0 Å². The number of hydrogen-bond acceptors (Lipinski definition) is 3. The number of rotatable bonds is 3. The van der Waals surface area contributed by atoms with Gasteiger partial charge in [-0.05, 0) is 24.3 Å². The second-order valence-corrected chi connectivity index (χ2v) is 4.64. The normalized spacial score (nSPS) is 10.8. The van der Waals surface area contributed by atoms with Crippen molar-refractivity contribution in [1.82, 2.24) is 10.2 Å². The van der Waals surface area contributed by atoms with Crippen LogP contribution >= 0.6 is 11.6 Å². The maximum atomic E-state index is 9.80. The summed E-state index contributed by atoms with van der Waals surface area (Å²) in [6, 6.07) is 11.0. The van der Waals surface area contributed by atoms with Crippen LogP contribution < -0.4 is 5.32 Å². The molecule has 5 heteroatoms. The first-order valence-electron chi connectivity index (χ1n) is 5.88. The van der Waals surface area contributed by atoms with Crippen LogP contribution in [0.4, 0.5) is 5.69 Å². The number of aromatic amines is 1. The van der Waals surface area contributed by atoms with Crippen molar-refractivity contribution in [3.8, 4) is 5.75 Å². The summed E-state index contributed by atoms with van der Waals surface area (Å²) in [7, 11) is 0. The highest BCUT2D eigenvalue weighted by Gasteiger charge is 2.07. The zero-order valence-electron chi connectivity index (χ0n) is 10.0. The molecule has 3 N–H and O–H groups in total.